The molecule has 2 atom stereocenters. The van der Waals surface area contributed by atoms with Gasteiger partial charge in [0.1, 0.15) is 5.75 Å². The second-order valence-electron chi connectivity index (χ2n) is 5.47. The lowest BCUT2D eigenvalue weighted by Gasteiger charge is -2.19. The number of carbonyl (C=O) groups is 1. The molecule has 0 aliphatic carbocycles. The molecule has 1 aromatic carbocycles. The quantitative estimate of drug-likeness (QED) is 0.806. The van der Waals surface area contributed by atoms with Gasteiger partial charge in [0.2, 0.25) is 5.91 Å². The summed E-state index contributed by atoms with van der Waals surface area (Å²) in [4.78, 5) is 12.0. The van der Waals surface area contributed by atoms with Crippen LogP contribution in [0.1, 0.15) is 45.7 Å². The predicted octanol–water partition coefficient (Wildman–Crippen LogP) is 2.64. The Morgan fingerprint density at radius 3 is 2.65 bits per heavy atom. The molecule has 4 heteroatoms. The van der Waals surface area contributed by atoms with E-state index in [-0.39, 0.29) is 11.9 Å². The first kappa shape index (κ1) is 16.5. The lowest BCUT2D eigenvalue weighted by molar-refractivity contribution is -0.123. The first-order chi connectivity index (χ1) is 9.43. The van der Waals surface area contributed by atoms with Crippen LogP contribution < -0.4 is 15.8 Å². The van der Waals surface area contributed by atoms with E-state index in [4.69, 9.17) is 10.5 Å². The molecule has 1 rings (SSSR count). The standard InChI is InChI=1S/C16H26N2O2/c1-5-20-14-8-6-7-13(10-14)12(4)18-16(19)15(17)9-11(2)3/h6-8,10-12,15H,5,9,17H2,1-4H3,(H,18,19)/t12-,15-/m0/s1. The van der Waals surface area contributed by atoms with Crippen molar-refractivity contribution < 1.29 is 9.53 Å². The number of rotatable bonds is 7. The van der Waals surface area contributed by atoms with Gasteiger partial charge in [-0.2, -0.15) is 0 Å². The summed E-state index contributed by atoms with van der Waals surface area (Å²) >= 11 is 0. The van der Waals surface area contributed by atoms with Gasteiger partial charge in [0.05, 0.1) is 18.7 Å². The number of nitrogens with two attached hydrogens (primary N) is 1. The van der Waals surface area contributed by atoms with Crippen molar-refractivity contribution in [1.82, 2.24) is 5.32 Å². The van der Waals surface area contributed by atoms with Crippen molar-refractivity contribution >= 4 is 5.91 Å². The highest BCUT2D eigenvalue weighted by Gasteiger charge is 2.17. The van der Waals surface area contributed by atoms with Gasteiger partial charge in [-0.25, -0.2) is 0 Å². The number of carbonyl (C=O) groups excluding carboxylic acids is 1. The molecule has 0 saturated carbocycles. The number of nitrogens with one attached hydrogen (secondary N) is 1. The van der Waals surface area contributed by atoms with Gasteiger partial charge in [-0.15, -0.1) is 0 Å². The molecule has 0 unspecified atom stereocenters. The summed E-state index contributed by atoms with van der Waals surface area (Å²) in [6, 6.07) is 7.22. The molecular formula is C16H26N2O2. The minimum absolute atomic E-state index is 0.0823. The van der Waals surface area contributed by atoms with Gasteiger partial charge in [0.15, 0.2) is 0 Å². The fourth-order valence-electron chi connectivity index (χ4n) is 2.06. The van der Waals surface area contributed by atoms with Crippen LogP contribution in [0, 0.1) is 5.92 Å². The number of benzene rings is 1. The largest absolute Gasteiger partial charge is 0.494 e. The van der Waals surface area contributed by atoms with Crippen LogP contribution in [0.4, 0.5) is 0 Å². The van der Waals surface area contributed by atoms with E-state index >= 15 is 0 Å². The molecule has 0 spiro atoms. The maximum Gasteiger partial charge on any atom is 0.237 e. The predicted molar refractivity (Wildman–Crippen MR) is 81.6 cm³/mol. The summed E-state index contributed by atoms with van der Waals surface area (Å²) in [7, 11) is 0. The van der Waals surface area contributed by atoms with Crippen molar-refractivity contribution in [1.29, 1.82) is 0 Å². The van der Waals surface area contributed by atoms with Crippen LogP contribution in [-0.4, -0.2) is 18.6 Å². The third-order valence-corrected chi connectivity index (χ3v) is 3.09. The van der Waals surface area contributed by atoms with Gasteiger partial charge in [0, 0.05) is 0 Å². The average Bonchev–Trinajstić information content (AvgIpc) is 2.38. The second-order valence-corrected chi connectivity index (χ2v) is 5.47. The average molecular weight is 278 g/mol. The molecule has 0 saturated heterocycles. The molecular weight excluding hydrogens is 252 g/mol. The minimum atomic E-state index is -0.451. The molecule has 1 aromatic rings. The van der Waals surface area contributed by atoms with Crippen LogP contribution in [-0.2, 0) is 4.79 Å². The Balaban J connectivity index is 2.63. The Morgan fingerprint density at radius 1 is 1.35 bits per heavy atom. The molecule has 20 heavy (non-hydrogen) atoms. The fraction of sp³-hybridized carbons (Fsp3) is 0.562. The number of amides is 1. The Bertz CT molecular complexity index is 432. The first-order valence-electron chi connectivity index (χ1n) is 7.22. The summed E-state index contributed by atoms with van der Waals surface area (Å²) < 4.78 is 5.46. The summed E-state index contributed by atoms with van der Waals surface area (Å²) in [5.41, 5.74) is 6.90. The third-order valence-electron chi connectivity index (χ3n) is 3.09. The smallest absolute Gasteiger partial charge is 0.237 e. The van der Waals surface area contributed by atoms with Gasteiger partial charge in [-0.3, -0.25) is 4.79 Å². The fourth-order valence-corrected chi connectivity index (χ4v) is 2.06. The van der Waals surface area contributed by atoms with Crippen LogP contribution >= 0.6 is 0 Å². The van der Waals surface area contributed by atoms with E-state index in [0.29, 0.717) is 18.9 Å². The lowest BCUT2D eigenvalue weighted by atomic mass is 10.0. The van der Waals surface area contributed by atoms with Gasteiger partial charge in [-0.1, -0.05) is 26.0 Å². The topological polar surface area (TPSA) is 64.3 Å². The van der Waals surface area contributed by atoms with E-state index in [1.54, 1.807) is 0 Å². The molecule has 0 fully saturated rings. The molecule has 0 bridgehead atoms. The van der Waals surface area contributed by atoms with Crippen LogP contribution in [0.25, 0.3) is 0 Å². The van der Waals surface area contributed by atoms with E-state index in [1.807, 2.05) is 38.1 Å². The summed E-state index contributed by atoms with van der Waals surface area (Å²) in [6.07, 6.45) is 0.692. The number of ether oxygens (including phenoxy) is 1. The SMILES string of the molecule is CCOc1cccc([C@H](C)NC(=O)[C@@H](N)CC(C)C)c1. The van der Waals surface area contributed by atoms with Crippen molar-refractivity contribution in [3.8, 4) is 5.75 Å². The molecule has 0 aromatic heterocycles. The maximum absolute atomic E-state index is 12.0. The molecule has 1 amide bonds. The van der Waals surface area contributed by atoms with E-state index in [0.717, 1.165) is 11.3 Å². The zero-order valence-electron chi connectivity index (χ0n) is 12.8. The zero-order valence-corrected chi connectivity index (χ0v) is 12.8. The summed E-state index contributed by atoms with van der Waals surface area (Å²) in [5, 5.41) is 2.95. The van der Waals surface area contributed by atoms with Crippen molar-refractivity contribution in [2.45, 2.75) is 46.2 Å². The molecule has 0 heterocycles. The van der Waals surface area contributed by atoms with Gasteiger partial charge < -0.3 is 15.8 Å². The van der Waals surface area contributed by atoms with Crippen molar-refractivity contribution in [3.05, 3.63) is 29.8 Å². The molecule has 3 N–H and O–H groups in total. The Morgan fingerprint density at radius 2 is 2.05 bits per heavy atom. The van der Waals surface area contributed by atoms with Crippen LogP contribution in [0.5, 0.6) is 5.75 Å². The highest BCUT2D eigenvalue weighted by Crippen LogP contribution is 2.19. The Kier molecular flexibility index (Phi) is 6.52. The minimum Gasteiger partial charge on any atom is -0.494 e. The molecule has 4 nitrogen and oxygen atoms in total. The Hall–Kier alpha value is -1.55. The lowest BCUT2D eigenvalue weighted by Crippen LogP contribution is -2.42. The van der Waals surface area contributed by atoms with Crippen LogP contribution in [0.2, 0.25) is 0 Å². The normalized spacial score (nSPS) is 13.9. The van der Waals surface area contributed by atoms with Gasteiger partial charge >= 0.3 is 0 Å². The summed E-state index contributed by atoms with van der Waals surface area (Å²) in [6.45, 7) is 8.64. The number of hydrogen-bond acceptors (Lipinski definition) is 3. The van der Waals surface area contributed by atoms with Crippen molar-refractivity contribution in [2.24, 2.45) is 11.7 Å². The van der Waals surface area contributed by atoms with E-state index in [1.165, 1.54) is 0 Å². The molecule has 112 valence electrons. The maximum atomic E-state index is 12.0. The van der Waals surface area contributed by atoms with E-state index < -0.39 is 6.04 Å². The van der Waals surface area contributed by atoms with Crippen LogP contribution in [0.3, 0.4) is 0 Å². The Labute approximate surface area is 121 Å². The van der Waals surface area contributed by atoms with E-state index in [2.05, 4.69) is 19.2 Å². The van der Waals surface area contributed by atoms with Crippen LogP contribution in [0.15, 0.2) is 24.3 Å². The third kappa shape index (κ3) is 5.21. The summed E-state index contributed by atoms with van der Waals surface area (Å²) in [5.74, 6) is 1.12. The first-order valence-corrected chi connectivity index (χ1v) is 7.22. The second kappa shape index (κ2) is 7.90. The molecule has 0 aliphatic rings. The monoisotopic (exact) mass is 278 g/mol. The van der Waals surface area contributed by atoms with E-state index in [9.17, 15) is 4.79 Å². The molecule has 0 radical (unpaired) electrons. The van der Waals surface area contributed by atoms with Gasteiger partial charge in [-0.05, 0) is 43.9 Å². The highest BCUT2D eigenvalue weighted by atomic mass is 16.5. The van der Waals surface area contributed by atoms with Crippen molar-refractivity contribution in [2.75, 3.05) is 6.61 Å². The highest BCUT2D eigenvalue weighted by molar-refractivity contribution is 5.81. The van der Waals surface area contributed by atoms with Gasteiger partial charge in [0.25, 0.3) is 0 Å². The van der Waals surface area contributed by atoms with Crippen molar-refractivity contribution in [3.63, 3.8) is 0 Å². The number of hydrogen-bond donors (Lipinski definition) is 2. The zero-order chi connectivity index (χ0) is 15.1. The molecule has 0 aliphatic heterocycles.